The number of nitrogens with one attached hydrogen (secondary N) is 2. The topological polar surface area (TPSA) is 118 Å². The van der Waals surface area contributed by atoms with Gasteiger partial charge in [0.25, 0.3) is 5.91 Å². The molecule has 3 amide bonds. The second-order valence-electron chi connectivity index (χ2n) is 12.1. The van der Waals surface area contributed by atoms with Crippen molar-refractivity contribution >= 4 is 68.1 Å². The molecule has 3 aromatic carbocycles. The molecule has 46 heavy (non-hydrogen) atoms. The molecule has 3 heterocycles. The smallest absolute Gasteiger partial charge is 0.305 e. The molecule has 0 radical (unpaired) electrons. The molecule has 2 N–H and O–H groups in total. The summed E-state index contributed by atoms with van der Waals surface area (Å²) in [5.41, 5.74) is 2.20. The van der Waals surface area contributed by atoms with Crippen LogP contribution in [-0.2, 0) is 14.4 Å². The summed E-state index contributed by atoms with van der Waals surface area (Å²) in [6, 6.07) is 22.0. The van der Waals surface area contributed by atoms with Gasteiger partial charge >= 0.3 is 4.87 Å². The van der Waals surface area contributed by atoms with Gasteiger partial charge in [0.1, 0.15) is 11.5 Å². The fourth-order valence-electron chi connectivity index (χ4n) is 8.05. The normalized spacial score (nSPS) is 27.3. The van der Waals surface area contributed by atoms with E-state index in [0.29, 0.717) is 22.9 Å². The highest BCUT2D eigenvalue weighted by Gasteiger charge is 2.69. The van der Waals surface area contributed by atoms with Crippen LogP contribution in [0.25, 0.3) is 0 Å². The van der Waals surface area contributed by atoms with Gasteiger partial charge in [0.15, 0.2) is 6.61 Å². The maximum Gasteiger partial charge on any atom is 0.305 e. The zero-order valence-corrected chi connectivity index (χ0v) is 27.7. The van der Waals surface area contributed by atoms with Gasteiger partial charge in [-0.25, -0.2) is 0 Å². The number of anilines is 2. The number of aromatic nitrogens is 1. The summed E-state index contributed by atoms with van der Waals surface area (Å²) in [4.78, 5) is 58.4. The first kappa shape index (κ1) is 29.5. The molecule has 12 heteroatoms. The number of aromatic amines is 1. The van der Waals surface area contributed by atoms with Gasteiger partial charge in [-0.2, -0.15) is 0 Å². The minimum atomic E-state index is -0.385. The lowest BCUT2D eigenvalue weighted by molar-refractivity contribution is -0.123. The number of H-pyrrole nitrogens is 1. The molecule has 0 spiro atoms. The van der Waals surface area contributed by atoms with E-state index >= 15 is 0 Å². The zero-order valence-electron chi connectivity index (χ0n) is 24.5. The summed E-state index contributed by atoms with van der Waals surface area (Å²) in [5.74, 6) is -0.110. The van der Waals surface area contributed by atoms with Gasteiger partial charge in [0.2, 0.25) is 11.8 Å². The number of fused-ring (bicyclic) bond motifs is 9. The first-order valence-electron chi connectivity index (χ1n) is 15.0. The van der Waals surface area contributed by atoms with Crippen molar-refractivity contribution in [3.8, 4) is 11.5 Å². The zero-order chi connectivity index (χ0) is 31.7. The number of halogens is 1. The third kappa shape index (κ3) is 4.80. The molecule has 2 saturated carbocycles. The van der Waals surface area contributed by atoms with Crippen LogP contribution in [0.4, 0.5) is 11.4 Å². The van der Waals surface area contributed by atoms with Crippen molar-refractivity contribution in [1.82, 2.24) is 4.98 Å². The summed E-state index contributed by atoms with van der Waals surface area (Å²) >= 11 is 6.31. The van der Waals surface area contributed by atoms with Crippen LogP contribution in [-0.4, -0.2) is 41.7 Å². The number of carbonyl (C=O) groups is 3. The standard InChI is InChI=1S/C34H28BrN3O6S2/c1-43-20-11-7-18(8-12-20)36-24(39)15-44-21-4-2-3-16(13-21)25-26-22-14-23(29(26)45-31-30(25)46-34(42)37-31)28-27(22)32(40)38(33(28)41)19-9-5-17(35)6-10-19/h2-13,22-23,25-29H,14-15H2,1H3,(H,36,39)(H,37,42)/t22-,23-,25-,26?,27?,28?,29?/m1/s1. The number of benzene rings is 3. The van der Waals surface area contributed by atoms with Gasteiger partial charge in [0, 0.05) is 26.2 Å². The van der Waals surface area contributed by atoms with Gasteiger partial charge in [-0.15, -0.1) is 11.8 Å². The second kappa shape index (κ2) is 11.4. The number of ether oxygens (including phenoxy) is 2. The number of methoxy groups -OCH3 is 1. The van der Waals surface area contributed by atoms with Crippen LogP contribution >= 0.6 is 39.0 Å². The average molecular weight is 719 g/mol. The van der Waals surface area contributed by atoms with E-state index in [1.807, 2.05) is 36.4 Å². The SMILES string of the molecule is COc1ccc(NC(=O)COc2cccc([C@H]3c4sc(=O)[nH]c4SC4C3[C@H]3C[C@@H]4C4C(=O)N(c5ccc(Br)cc5)C(=O)C43)c2)cc1. The molecule has 8 rings (SSSR count). The van der Waals surface area contributed by atoms with Crippen LogP contribution in [0.1, 0.15) is 22.8 Å². The number of thiazole rings is 1. The number of rotatable bonds is 7. The van der Waals surface area contributed by atoms with Crippen LogP contribution in [0, 0.1) is 29.6 Å². The van der Waals surface area contributed by atoms with Crippen molar-refractivity contribution in [2.24, 2.45) is 29.6 Å². The van der Waals surface area contributed by atoms with Gasteiger partial charge < -0.3 is 19.8 Å². The lowest BCUT2D eigenvalue weighted by atomic mass is 9.68. The van der Waals surface area contributed by atoms with Crippen molar-refractivity contribution in [2.75, 3.05) is 23.9 Å². The first-order chi connectivity index (χ1) is 22.3. The second-order valence-corrected chi connectivity index (χ2v) is 15.2. The van der Waals surface area contributed by atoms with Crippen LogP contribution in [0.15, 0.2) is 87.1 Å². The number of thioether (sulfide) groups is 1. The molecule has 2 aliphatic carbocycles. The van der Waals surface area contributed by atoms with E-state index in [1.165, 1.54) is 16.2 Å². The largest absolute Gasteiger partial charge is 0.497 e. The lowest BCUT2D eigenvalue weighted by Crippen LogP contribution is -2.42. The summed E-state index contributed by atoms with van der Waals surface area (Å²) in [7, 11) is 1.58. The quantitative estimate of drug-likeness (QED) is 0.229. The summed E-state index contributed by atoms with van der Waals surface area (Å²) < 4.78 is 12.0. The molecular formula is C34H28BrN3O6S2. The van der Waals surface area contributed by atoms with E-state index in [9.17, 15) is 19.2 Å². The van der Waals surface area contributed by atoms with Gasteiger partial charge in [0.05, 0.1) is 29.7 Å². The fraction of sp³-hybridized carbons (Fsp3) is 0.294. The lowest BCUT2D eigenvalue weighted by Gasteiger charge is -2.43. The Morgan fingerprint density at radius 2 is 1.72 bits per heavy atom. The average Bonchev–Trinajstić information content (AvgIpc) is 3.80. The van der Waals surface area contributed by atoms with Gasteiger partial charge in [-0.3, -0.25) is 24.1 Å². The fourth-order valence-corrected chi connectivity index (χ4v) is 11.2. The minimum Gasteiger partial charge on any atom is -0.497 e. The number of nitrogens with zero attached hydrogens (tertiary/aromatic N) is 1. The highest BCUT2D eigenvalue weighted by atomic mass is 79.9. The minimum absolute atomic E-state index is 0.000371. The molecule has 9 nitrogen and oxygen atoms in total. The Morgan fingerprint density at radius 3 is 2.46 bits per heavy atom. The summed E-state index contributed by atoms with van der Waals surface area (Å²) in [6.45, 7) is -0.179. The molecular weight excluding hydrogens is 690 g/mol. The molecule has 4 aliphatic rings. The van der Waals surface area contributed by atoms with Gasteiger partial charge in [-0.1, -0.05) is 39.4 Å². The molecule has 3 fully saturated rings. The van der Waals surface area contributed by atoms with Crippen LogP contribution in [0.5, 0.6) is 11.5 Å². The molecule has 4 aromatic rings. The van der Waals surface area contributed by atoms with E-state index in [0.717, 1.165) is 26.4 Å². The molecule has 234 valence electrons. The monoisotopic (exact) mass is 717 g/mol. The maximum absolute atomic E-state index is 14.0. The molecule has 4 unspecified atom stereocenters. The van der Waals surface area contributed by atoms with Crippen molar-refractivity contribution in [3.05, 3.63) is 97.4 Å². The van der Waals surface area contributed by atoms with E-state index in [1.54, 1.807) is 55.3 Å². The van der Waals surface area contributed by atoms with E-state index < -0.39 is 0 Å². The van der Waals surface area contributed by atoms with E-state index in [-0.39, 0.29) is 70.0 Å². The third-order valence-corrected chi connectivity index (χ3v) is 12.9. The van der Waals surface area contributed by atoms with Crippen molar-refractivity contribution in [1.29, 1.82) is 0 Å². The van der Waals surface area contributed by atoms with Crippen LogP contribution in [0.2, 0.25) is 0 Å². The van der Waals surface area contributed by atoms with Crippen molar-refractivity contribution in [3.63, 3.8) is 0 Å². The number of hydrogen-bond acceptors (Lipinski definition) is 8. The van der Waals surface area contributed by atoms with Crippen molar-refractivity contribution < 1.29 is 23.9 Å². The molecule has 1 aromatic heterocycles. The number of hydrogen-bond donors (Lipinski definition) is 2. The Bertz CT molecular complexity index is 1930. The van der Waals surface area contributed by atoms with E-state index in [2.05, 4.69) is 26.2 Å². The van der Waals surface area contributed by atoms with Crippen molar-refractivity contribution in [2.45, 2.75) is 22.6 Å². The number of carbonyl (C=O) groups excluding carboxylic acids is 3. The summed E-state index contributed by atoms with van der Waals surface area (Å²) in [6.07, 6.45) is 0.806. The molecule has 7 atom stereocenters. The Labute approximate surface area is 280 Å². The Morgan fingerprint density at radius 1 is 0.978 bits per heavy atom. The Hall–Kier alpha value is -3.87. The van der Waals surface area contributed by atoms with Crippen LogP contribution in [0.3, 0.4) is 0 Å². The Balaban J connectivity index is 1.07. The molecule has 1 saturated heterocycles. The maximum atomic E-state index is 14.0. The van der Waals surface area contributed by atoms with E-state index in [4.69, 9.17) is 9.47 Å². The number of amides is 3. The Kier molecular flexibility index (Phi) is 7.34. The highest BCUT2D eigenvalue weighted by molar-refractivity contribution is 9.10. The predicted molar refractivity (Wildman–Crippen MR) is 179 cm³/mol. The first-order valence-corrected chi connectivity index (χ1v) is 17.5. The predicted octanol–water partition coefficient (Wildman–Crippen LogP) is 5.90. The highest BCUT2D eigenvalue weighted by Crippen LogP contribution is 2.68. The third-order valence-electron chi connectivity index (χ3n) is 9.77. The summed E-state index contributed by atoms with van der Waals surface area (Å²) in [5, 5.41) is 3.75. The van der Waals surface area contributed by atoms with Gasteiger partial charge in [-0.05, 0) is 90.4 Å². The molecule has 2 bridgehead atoms. The molecule has 2 aliphatic heterocycles. The number of imide groups is 1. The van der Waals surface area contributed by atoms with Crippen LogP contribution < -0.4 is 24.6 Å².